The van der Waals surface area contributed by atoms with E-state index in [1.54, 1.807) is 11.8 Å². The Hall–Kier alpha value is -0.870. The number of thioether (sulfide) groups is 1. The Kier molecular flexibility index (Phi) is 5.89. The average molecular weight is 502 g/mol. The molecule has 128 valence electrons. The number of nitrogens with zero attached hydrogens (tertiary/aromatic N) is 1. The summed E-state index contributed by atoms with van der Waals surface area (Å²) in [6.45, 7) is 2.30. The number of hydrogen-bond donors (Lipinski definition) is 0. The maximum atomic E-state index is 12.9. The summed E-state index contributed by atoms with van der Waals surface area (Å²) >= 11 is 15.8. The molecule has 1 heterocycles. The van der Waals surface area contributed by atoms with Crippen LogP contribution in [0.3, 0.4) is 0 Å². The number of carbonyl (C=O) groups is 1. The lowest BCUT2D eigenvalue weighted by Gasteiger charge is -2.37. The molecule has 0 saturated carbocycles. The quantitative estimate of drug-likeness (QED) is 0.405. The molecule has 0 bridgehead atoms. The zero-order chi connectivity index (χ0) is 18.0. The topological polar surface area (TPSA) is 20.3 Å². The zero-order valence-electron chi connectivity index (χ0n) is 13.3. The first-order valence-electron chi connectivity index (χ1n) is 7.59. The highest BCUT2D eigenvalue weighted by atomic mass is 127. The Morgan fingerprint density at radius 3 is 2.00 bits per heavy atom. The normalized spacial score (nSPS) is 18.8. The van der Waals surface area contributed by atoms with Crippen LogP contribution in [0.2, 0.25) is 10.0 Å². The average Bonchev–Trinajstić information content (AvgIpc) is 2.86. The van der Waals surface area contributed by atoms with Crippen molar-refractivity contribution in [3.05, 3.63) is 69.7 Å². The summed E-state index contributed by atoms with van der Waals surface area (Å²) in [5.41, 5.74) is 1.99. The first kappa shape index (κ1) is 18.9. The lowest BCUT2D eigenvalue weighted by Crippen LogP contribution is -2.43. The van der Waals surface area contributed by atoms with Crippen LogP contribution in [0.15, 0.2) is 48.5 Å². The number of carbonyl (C=O) groups excluding carboxylic acids is 1. The summed E-state index contributed by atoms with van der Waals surface area (Å²) < 4.78 is 2.86. The molecule has 0 aromatic heterocycles. The highest BCUT2D eigenvalue weighted by molar-refractivity contribution is 14.1. The second-order valence-corrected chi connectivity index (χ2v) is 8.56. The number of rotatable bonds is 3. The van der Waals surface area contributed by atoms with Gasteiger partial charge < -0.3 is 4.90 Å². The molecule has 1 atom stereocenters. The Bertz CT molecular complexity index is 797. The molecule has 1 saturated heterocycles. The van der Waals surface area contributed by atoms with Crippen LogP contribution in [-0.4, -0.2) is 22.6 Å². The van der Waals surface area contributed by atoms with Crippen LogP contribution < -0.4 is 0 Å². The molecule has 2 nitrogen and oxygen atoms in total. The maximum Gasteiger partial charge on any atom is 0.237 e. The molecular formula is C19H14Cl2INOS. The molecule has 25 heavy (non-hydrogen) atoms. The van der Waals surface area contributed by atoms with Crippen LogP contribution in [0.25, 0.3) is 0 Å². The van der Waals surface area contributed by atoms with Crippen molar-refractivity contribution >= 4 is 63.5 Å². The molecule has 6 heteroatoms. The first-order chi connectivity index (χ1) is 12.0. The minimum Gasteiger partial charge on any atom is -0.308 e. The molecule has 1 aliphatic rings. The predicted octanol–water partition coefficient (Wildman–Crippen LogP) is 5.55. The van der Waals surface area contributed by atoms with Crippen LogP contribution >= 0.6 is 57.6 Å². The smallest absolute Gasteiger partial charge is 0.237 e. The largest absolute Gasteiger partial charge is 0.308 e. The molecule has 1 unspecified atom stereocenters. The molecule has 3 rings (SSSR count). The first-order valence-corrected chi connectivity index (χ1v) is 10.3. The Labute approximate surface area is 175 Å². The SMILES string of the molecule is CC1SC(c2ccc(Cl)cc2)(c2ccc(Cl)cc2)N(CC#CI)C1=O. The van der Waals surface area contributed by atoms with Crippen LogP contribution in [0.1, 0.15) is 18.1 Å². The van der Waals surface area contributed by atoms with Crippen LogP contribution in [0, 0.1) is 9.85 Å². The summed E-state index contributed by atoms with van der Waals surface area (Å²) in [4.78, 5) is 14.1. The van der Waals surface area contributed by atoms with E-state index in [-0.39, 0.29) is 11.2 Å². The third kappa shape index (κ3) is 3.52. The van der Waals surface area contributed by atoms with Crippen LogP contribution in [0.5, 0.6) is 0 Å². The van der Waals surface area contributed by atoms with Crippen molar-refractivity contribution in [1.29, 1.82) is 0 Å². The third-order valence-corrected chi connectivity index (χ3v) is 6.59. The van der Waals surface area contributed by atoms with E-state index in [1.807, 2.05) is 82.9 Å². The van der Waals surface area contributed by atoms with Gasteiger partial charge in [0.2, 0.25) is 5.91 Å². The molecule has 1 aliphatic heterocycles. The fourth-order valence-electron chi connectivity index (χ4n) is 3.01. The van der Waals surface area contributed by atoms with Gasteiger partial charge in [-0.25, -0.2) is 0 Å². The number of benzene rings is 2. The number of amides is 1. The molecule has 0 N–H and O–H groups in total. The highest BCUT2D eigenvalue weighted by Gasteiger charge is 2.52. The lowest BCUT2D eigenvalue weighted by atomic mass is 9.96. The Balaban J connectivity index is 2.23. The second kappa shape index (κ2) is 7.79. The molecule has 0 radical (unpaired) electrons. The lowest BCUT2D eigenvalue weighted by molar-refractivity contribution is -0.130. The summed E-state index contributed by atoms with van der Waals surface area (Å²) in [5.74, 6) is 3.11. The van der Waals surface area contributed by atoms with Crippen molar-refractivity contribution in [2.45, 2.75) is 17.0 Å². The third-order valence-electron chi connectivity index (χ3n) is 4.12. The minimum absolute atomic E-state index is 0.0778. The predicted molar refractivity (Wildman–Crippen MR) is 114 cm³/mol. The summed E-state index contributed by atoms with van der Waals surface area (Å²) in [7, 11) is 0. The van der Waals surface area contributed by atoms with E-state index < -0.39 is 4.87 Å². The van der Waals surface area contributed by atoms with Crippen LogP contribution in [0.4, 0.5) is 0 Å². The van der Waals surface area contributed by atoms with Gasteiger partial charge in [-0.2, -0.15) is 0 Å². The van der Waals surface area contributed by atoms with Gasteiger partial charge in [-0.3, -0.25) is 4.79 Å². The van der Waals surface area contributed by atoms with Crippen molar-refractivity contribution in [2.75, 3.05) is 6.54 Å². The molecular weight excluding hydrogens is 488 g/mol. The fraction of sp³-hybridized carbons (Fsp3) is 0.211. The maximum absolute atomic E-state index is 12.9. The van der Waals surface area contributed by atoms with Crippen molar-refractivity contribution < 1.29 is 4.79 Å². The monoisotopic (exact) mass is 501 g/mol. The van der Waals surface area contributed by atoms with Crippen LogP contribution in [-0.2, 0) is 9.67 Å². The van der Waals surface area contributed by atoms with Gasteiger partial charge in [-0.1, -0.05) is 53.4 Å². The molecule has 1 fully saturated rings. The van der Waals surface area contributed by atoms with E-state index in [4.69, 9.17) is 23.2 Å². The van der Waals surface area contributed by atoms with Crippen molar-refractivity contribution in [3.8, 4) is 9.85 Å². The van der Waals surface area contributed by atoms with Crippen molar-refractivity contribution in [3.63, 3.8) is 0 Å². The summed E-state index contributed by atoms with van der Waals surface area (Å²) in [6.07, 6.45) is 0. The molecule has 2 aromatic carbocycles. The van der Waals surface area contributed by atoms with Gasteiger partial charge in [0.15, 0.2) is 0 Å². The van der Waals surface area contributed by atoms with Gasteiger partial charge in [0, 0.05) is 32.6 Å². The Morgan fingerprint density at radius 2 is 1.56 bits per heavy atom. The van der Waals surface area contributed by atoms with Crippen molar-refractivity contribution in [2.24, 2.45) is 0 Å². The molecule has 0 aliphatic carbocycles. The highest BCUT2D eigenvalue weighted by Crippen LogP contribution is 2.53. The van der Waals surface area contributed by atoms with E-state index >= 15 is 0 Å². The van der Waals surface area contributed by atoms with E-state index in [0.29, 0.717) is 16.6 Å². The van der Waals surface area contributed by atoms with Gasteiger partial charge in [0.25, 0.3) is 0 Å². The molecule has 1 amide bonds. The van der Waals surface area contributed by atoms with Crippen molar-refractivity contribution in [1.82, 2.24) is 4.90 Å². The van der Waals surface area contributed by atoms with Gasteiger partial charge in [-0.05, 0) is 46.2 Å². The zero-order valence-corrected chi connectivity index (χ0v) is 17.8. The van der Waals surface area contributed by atoms with Gasteiger partial charge in [-0.15, -0.1) is 11.8 Å². The number of hydrogen-bond acceptors (Lipinski definition) is 2. The minimum atomic E-state index is -0.647. The van der Waals surface area contributed by atoms with E-state index in [1.165, 1.54) is 0 Å². The second-order valence-electron chi connectivity index (χ2n) is 5.61. The van der Waals surface area contributed by atoms with Gasteiger partial charge >= 0.3 is 0 Å². The Morgan fingerprint density at radius 1 is 1.08 bits per heavy atom. The van der Waals surface area contributed by atoms with E-state index in [2.05, 4.69) is 9.85 Å². The standard InChI is InChI=1S/C19H14Cl2INOS/c1-13-18(24)23(12-2-11-22)19(25-13,14-3-7-16(20)8-4-14)15-5-9-17(21)10-6-15/h3-10,13H,12H2,1H3. The summed E-state index contributed by atoms with van der Waals surface area (Å²) in [5, 5.41) is 1.16. The molecule has 2 aromatic rings. The van der Waals surface area contributed by atoms with E-state index in [9.17, 15) is 4.79 Å². The van der Waals surface area contributed by atoms with E-state index in [0.717, 1.165) is 11.1 Å². The summed E-state index contributed by atoms with van der Waals surface area (Å²) in [6, 6.07) is 15.3. The molecule has 0 spiro atoms. The number of halogens is 3. The van der Waals surface area contributed by atoms with Gasteiger partial charge in [0.05, 0.1) is 11.8 Å². The van der Waals surface area contributed by atoms with Gasteiger partial charge in [0.1, 0.15) is 4.87 Å². The fourth-order valence-corrected chi connectivity index (χ4v) is 5.00.